The molecule has 1 saturated heterocycles. The summed E-state index contributed by atoms with van der Waals surface area (Å²) in [6, 6.07) is 4.06. The first-order valence-corrected chi connectivity index (χ1v) is 6.93. The normalized spacial score (nSPS) is 18.5. The van der Waals surface area contributed by atoms with Crippen LogP contribution < -0.4 is 0 Å². The van der Waals surface area contributed by atoms with Crippen LogP contribution in [0.3, 0.4) is 0 Å². The van der Waals surface area contributed by atoms with Gasteiger partial charge in [0.1, 0.15) is 0 Å². The number of aromatic hydroxyl groups is 1. The fourth-order valence-corrected chi connectivity index (χ4v) is 2.43. The van der Waals surface area contributed by atoms with Gasteiger partial charge in [0.15, 0.2) is 11.6 Å². The number of likely N-dealkylation sites (tertiary alicyclic amines) is 1. The number of amides is 1. The minimum Gasteiger partial charge on any atom is -0.505 e. The van der Waals surface area contributed by atoms with E-state index in [1.165, 1.54) is 12.1 Å². The standard InChI is InChI=1S/C15H20FNO3/c1-2-20-10-12-5-6-17(9-12)15(19)8-11-3-4-14(18)13(16)7-11/h3-4,7,12,18H,2,5-6,8-10H2,1H3. The Morgan fingerprint density at radius 2 is 2.35 bits per heavy atom. The molecule has 0 spiro atoms. The lowest BCUT2D eigenvalue weighted by Crippen LogP contribution is -2.30. The molecule has 2 rings (SSSR count). The van der Waals surface area contributed by atoms with Crippen molar-refractivity contribution in [3.8, 4) is 5.75 Å². The molecule has 1 aliphatic rings. The van der Waals surface area contributed by atoms with Gasteiger partial charge < -0.3 is 14.7 Å². The van der Waals surface area contributed by atoms with Crippen molar-refractivity contribution in [2.24, 2.45) is 5.92 Å². The van der Waals surface area contributed by atoms with Gasteiger partial charge in [0, 0.05) is 25.6 Å². The van der Waals surface area contributed by atoms with Crippen molar-refractivity contribution in [3.63, 3.8) is 0 Å². The van der Waals surface area contributed by atoms with E-state index in [9.17, 15) is 9.18 Å². The van der Waals surface area contributed by atoms with Gasteiger partial charge in [0.2, 0.25) is 5.91 Å². The minimum atomic E-state index is -0.689. The molecule has 1 aromatic rings. The van der Waals surface area contributed by atoms with Gasteiger partial charge in [-0.25, -0.2) is 4.39 Å². The Bertz CT molecular complexity index is 478. The molecule has 1 atom stereocenters. The molecule has 1 aromatic carbocycles. The summed E-state index contributed by atoms with van der Waals surface area (Å²) < 4.78 is 18.6. The van der Waals surface area contributed by atoms with Crippen LogP contribution in [0.4, 0.5) is 4.39 Å². The highest BCUT2D eigenvalue weighted by Crippen LogP contribution is 2.20. The average molecular weight is 281 g/mol. The van der Waals surface area contributed by atoms with Crippen molar-refractivity contribution in [3.05, 3.63) is 29.6 Å². The van der Waals surface area contributed by atoms with Crippen LogP contribution in [0.25, 0.3) is 0 Å². The molecule has 1 amide bonds. The third-order valence-corrected chi connectivity index (χ3v) is 3.56. The number of hydrogen-bond donors (Lipinski definition) is 1. The second-order valence-electron chi connectivity index (χ2n) is 5.12. The molecule has 0 aromatic heterocycles. The summed E-state index contributed by atoms with van der Waals surface area (Å²) in [6.45, 7) is 4.78. The minimum absolute atomic E-state index is 0.00547. The van der Waals surface area contributed by atoms with Crippen LogP contribution in [0.1, 0.15) is 18.9 Å². The number of nitrogens with zero attached hydrogens (tertiary/aromatic N) is 1. The lowest BCUT2D eigenvalue weighted by molar-refractivity contribution is -0.129. The number of carbonyl (C=O) groups excluding carboxylic acids is 1. The molecule has 1 N–H and O–H groups in total. The van der Waals surface area contributed by atoms with Gasteiger partial charge in [-0.1, -0.05) is 6.07 Å². The van der Waals surface area contributed by atoms with Gasteiger partial charge in [-0.15, -0.1) is 0 Å². The van der Waals surface area contributed by atoms with Gasteiger partial charge in [0.05, 0.1) is 13.0 Å². The van der Waals surface area contributed by atoms with E-state index in [4.69, 9.17) is 9.84 Å². The first-order valence-electron chi connectivity index (χ1n) is 6.93. The van der Waals surface area contributed by atoms with E-state index < -0.39 is 5.82 Å². The maximum atomic E-state index is 13.2. The van der Waals surface area contributed by atoms with Gasteiger partial charge in [-0.2, -0.15) is 0 Å². The quantitative estimate of drug-likeness (QED) is 0.897. The highest BCUT2D eigenvalue weighted by Gasteiger charge is 2.26. The fourth-order valence-electron chi connectivity index (χ4n) is 2.43. The summed E-state index contributed by atoms with van der Waals surface area (Å²) >= 11 is 0. The van der Waals surface area contributed by atoms with Crippen LogP contribution in [0, 0.1) is 11.7 Å². The van der Waals surface area contributed by atoms with Crippen molar-refractivity contribution in [2.45, 2.75) is 19.8 Å². The monoisotopic (exact) mass is 281 g/mol. The van der Waals surface area contributed by atoms with E-state index in [0.717, 1.165) is 13.0 Å². The summed E-state index contributed by atoms with van der Waals surface area (Å²) in [4.78, 5) is 13.9. The zero-order valence-electron chi connectivity index (χ0n) is 11.6. The number of halogens is 1. The average Bonchev–Trinajstić information content (AvgIpc) is 2.89. The van der Waals surface area contributed by atoms with Crippen LogP contribution >= 0.6 is 0 Å². The highest BCUT2D eigenvalue weighted by atomic mass is 19.1. The third-order valence-electron chi connectivity index (χ3n) is 3.56. The lowest BCUT2D eigenvalue weighted by Gasteiger charge is -2.16. The molecule has 5 heteroatoms. The zero-order chi connectivity index (χ0) is 14.5. The van der Waals surface area contributed by atoms with Gasteiger partial charge >= 0.3 is 0 Å². The van der Waals surface area contributed by atoms with Crippen molar-refractivity contribution in [2.75, 3.05) is 26.3 Å². The predicted molar refractivity (Wildman–Crippen MR) is 72.9 cm³/mol. The van der Waals surface area contributed by atoms with Crippen molar-refractivity contribution in [1.29, 1.82) is 0 Å². The molecule has 1 heterocycles. The van der Waals surface area contributed by atoms with Crippen LogP contribution in [0.15, 0.2) is 18.2 Å². The molecule has 0 aliphatic carbocycles. The number of hydrogen-bond acceptors (Lipinski definition) is 3. The smallest absolute Gasteiger partial charge is 0.227 e. The van der Waals surface area contributed by atoms with E-state index in [-0.39, 0.29) is 18.1 Å². The molecular formula is C15H20FNO3. The molecule has 0 saturated carbocycles. The number of rotatable bonds is 5. The van der Waals surface area contributed by atoms with Gasteiger partial charge in [-0.3, -0.25) is 4.79 Å². The second-order valence-corrected chi connectivity index (χ2v) is 5.12. The summed E-state index contributed by atoms with van der Waals surface area (Å²) in [5.74, 6) is -0.686. The maximum absolute atomic E-state index is 13.2. The number of ether oxygens (including phenoxy) is 1. The first kappa shape index (κ1) is 14.8. The summed E-state index contributed by atoms with van der Waals surface area (Å²) in [7, 11) is 0. The van der Waals surface area contributed by atoms with Crippen molar-refractivity contribution in [1.82, 2.24) is 4.90 Å². The topological polar surface area (TPSA) is 49.8 Å². The van der Waals surface area contributed by atoms with E-state index in [2.05, 4.69) is 0 Å². The second kappa shape index (κ2) is 6.70. The van der Waals surface area contributed by atoms with E-state index in [1.54, 1.807) is 11.0 Å². The van der Waals surface area contributed by atoms with Crippen LogP contribution in [0.2, 0.25) is 0 Å². The van der Waals surface area contributed by atoms with E-state index in [0.29, 0.717) is 31.2 Å². The fraction of sp³-hybridized carbons (Fsp3) is 0.533. The first-order chi connectivity index (χ1) is 9.60. The molecule has 1 fully saturated rings. The molecule has 0 radical (unpaired) electrons. The summed E-state index contributed by atoms with van der Waals surface area (Å²) in [5, 5.41) is 9.12. The Morgan fingerprint density at radius 1 is 1.55 bits per heavy atom. The Kier molecular flexibility index (Phi) is 4.95. The highest BCUT2D eigenvalue weighted by molar-refractivity contribution is 5.79. The predicted octanol–water partition coefficient (Wildman–Crippen LogP) is 1.96. The number of carbonyl (C=O) groups is 1. The summed E-state index contributed by atoms with van der Waals surface area (Å²) in [6.07, 6.45) is 1.12. The Hall–Kier alpha value is -1.62. The number of phenols is 1. The SMILES string of the molecule is CCOCC1CCN(C(=O)Cc2ccc(O)c(F)c2)C1. The maximum Gasteiger partial charge on any atom is 0.227 e. The number of benzene rings is 1. The van der Waals surface area contributed by atoms with Crippen LogP contribution in [-0.4, -0.2) is 42.2 Å². The zero-order valence-corrected chi connectivity index (χ0v) is 11.6. The number of phenolic OH excluding ortho intramolecular Hbond substituents is 1. The van der Waals surface area contributed by atoms with Crippen LogP contribution in [0.5, 0.6) is 5.75 Å². The van der Waals surface area contributed by atoms with Crippen molar-refractivity contribution >= 4 is 5.91 Å². The molecular weight excluding hydrogens is 261 g/mol. The largest absolute Gasteiger partial charge is 0.505 e. The van der Waals surface area contributed by atoms with Gasteiger partial charge in [-0.05, 0) is 31.0 Å². The molecule has 110 valence electrons. The molecule has 1 aliphatic heterocycles. The van der Waals surface area contributed by atoms with E-state index >= 15 is 0 Å². The Labute approximate surface area is 118 Å². The molecule has 1 unspecified atom stereocenters. The third kappa shape index (κ3) is 3.70. The van der Waals surface area contributed by atoms with Crippen LogP contribution in [-0.2, 0) is 16.0 Å². The van der Waals surface area contributed by atoms with Crippen molar-refractivity contribution < 1.29 is 19.0 Å². The van der Waals surface area contributed by atoms with E-state index in [1.807, 2.05) is 6.92 Å². The Morgan fingerprint density at radius 3 is 3.05 bits per heavy atom. The summed E-state index contributed by atoms with van der Waals surface area (Å²) in [5.41, 5.74) is 0.582. The molecule has 0 bridgehead atoms. The molecule has 20 heavy (non-hydrogen) atoms. The van der Waals surface area contributed by atoms with Gasteiger partial charge in [0.25, 0.3) is 0 Å². The lowest BCUT2D eigenvalue weighted by atomic mass is 10.1. The molecule has 4 nitrogen and oxygen atoms in total. The Balaban J connectivity index is 1.87.